The van der Waals surface area contributed by atoms with Crippen molar-refractivity contribution in [2.45, 2.75) is 56.2 Å². The Morgan fingerprint density at radius 1 is 0.667 bits per heavy atom. The monoisotopic (exact) mass is 306 g/mol. The van der Waals surface area contributed by atoms with Gasteiger partial charge in [0.1, 0.15) is 0 Å². The van der Waals surface area contributed by atoms with E-state index in [0.29, 0.717) is 0 Å². The molecule has 0 aliphatic carbocycles. The molecule has 18 heavy (non-hydrogen) atoms. The van der Waals surface area contributed by atoms with Crippen LogP contribution in [0.4, 0.5) is 0 Å². The maximum absolute atomic E-state index is 6.56. The minimum absolute atomic E-state index is 0.473. The molecule has 1 aromatic rings. The summed E-state index contributed by atoms with van der Waals surface area (Å²) in [6, 6.07) is 6.04. The molecule has 102 valence electrons. The molecule has 0 aliphatic heterocycles. The summed E-state index contributed by atoms with van der Waals surface area (Å²) in [4.78, 5) is -1.45. The molecule has 0 heterocycles. The molecule has 0 unspecified atom stereocenters. The Morgan fingerprint density at radius 2 is 1.00 bits per heavy atom. The molecular weight excluding hydrogens is 287 g/mol. The Balaban J connectivity index is 3.68. The van der Waals surface area contributed by atoms with Gasteiger partial charge in [0, 0.05) is 0 Å². The van der Waals surface area contributed by atoms with Crippen LogP contribution in [0.15, 0.2) is 18.2 Å². The van der Waals surface area contributed by atoms with Crippen molar-refractivity contribution >= 4 is 34.8 Å². The largest absolute Gasteiger partial charge is 0.115 e. The predicted octanol–water partition coefficient (Wildman–Crippen LogP) is 6.11. The van der Waals surface area contributed by atoms with Gasteiger partial charge in [-0.1, -0.05) is 18.2 Å². The van der Waals surface area contributed by atoms with Crippen LogP contribution in [-0.2, 0) is 14.6 Å². The Morgan fingerprint density at radius 3 is 1.22 bits per heavy atom. The molecule has 0 saturated carbocycles. The van der Waals surface area contributed by atoms with E-state index in [9.17, 15) is 0 Å². The first kappa shape index (κ1) is 16.1. The van der Waals surface area contributed by atoms with Gasteiger partial charge < -0.3 is 0 Å². The lowest BCUT2D eigenvalue weighted by molar-refractivity contribution is 0.654. The number of alkyl halides is 3. The third-order valence-corrected chi connectivity index (χ3v) is 3.54. The first-order chi connectivity index (χ1) is 7.85. The van der Waals surface area contributed by atoms with E-state index in [2.05, 4.69) is 0 Å². The highest BCUT2D eigenvalue weighted by Crippen LogP contribution is 2.44. The van der Waals surface area contributed by atoms with Crippen molar-refractivity contribution in [3.8, 4) is 0 Å². The number of hydrogen-bond acceptors (Lipinski definition) is 0. The average Bonchev–Trinajstić information content (AvgIpc) is 2.12. The van der Waals surface area contributed by atoms with Crippen LogP contribution >= 0.6 is 34.8 Å². The fourth-order valence-electron chi connectivity index (χ4n) is 2.18. The topological polar surface area (TPSA) is 0 Å². The Hall–Kier alpha value is 0.0900. The van der Waals surface area contributed by atoms with Gasteiger partial charge >= 0.3 is 0 Å². The number of benzene rings is 1. The summed E-state index contributed by atoms with van der Waals surface area (Å²) in [5.41, 5.74) is 3.11. The number of halogens is 3. The molecule has 0 bridgehead atoms. The molecule has 0 N–H and O–H groups in total. The van der Waals surface area contributed by atoms with Crippen molar-refractivity contribution in [2.24, 2.45) is 0 Å². The highest BCUT2D eigenvalue weighted by molar-refractivity contribution is 6.27. The zero-order valence-corrected chi connectivity index (χ0v) is 14.1. The van der Waals surface area contributed by atoms with Gasteiger partial charge in [-0.2, -0.15) is 0 Å². The van der Waals surface area contributed by atoms with Crippen LogP contribution in [0.5, 0.6) is 0 Å². The molecule has 0 spiro atoms. The van der Waals surface area contributed by atoms with E-state index in [0.717, 1.165) is 16.7 Å². The van der Waals surface area contributed by atoms with Gasteiger partial charge in [0.2, 0.25) is 0 Å². The summed E-state index contributed by atoms with van der Waals surface area (Å²) in [6.45, 7) is 11.8. The quantitative estimate of drug-likeness (QED) is 0.591. The van der Waals surface area contributed by atoms with Crippen LogP contribution < -0.4 is 0 Å². The Kier molecular flexibility index (Phi) is 4.38. The van der Waals surface area contributed by atoms with Gasteiger partial charge in [-0.3, -0.25) is 0 Å². The van der Waals surface area contributed by atoms with Crippen LogP contribution in [0.2, 0.25) is 0 Å². The van der Waals surface area contributed by atoms with Crippen molar-refractivity contribution in [2.75, 3.05) is 0 Å². The van der Waals surface area contributed by atoms with Crippen molar-refractivity contribution < 1.29 is 0 Å². The van der Waals surface area contributed by atoms with Gasteiger partial charge in [-0.05, 0) is 58.2 Å². The average molecular weight is 308 g/mol. The van der Waals surface area contributed by atoms with Crippen molar-refractivity contribution in [3.05, 3.63) is 34.9 Å². The minimum Gasteiger partial charge on any atom is -0.115 e. The molecule has 0 fully saturated rings. The molecule has 0 radical (unpaired) electrons. The highest BCUT2D eigenvalue weighted by atomic mass is 35.5. The van der Waals surface area contributed by atoms with E-state index < -0.39 is 14.6 Å². The molecule has 0 aromatic heterocycles. The van der Waals surface area contributed by atoms with Gasteiger partial charge in [0.15, 0.2) is 0 Å². The first-order valence-electron chi connectivity index (χ1n) is 6.06. The fourth-order valence-corrected chi connectivity index (χ4v) is 2.70. The lowest BCUT2D eigenvalue weighted by Crippen LogP contribution is -2.24. The Bertz CT molecular complexity index is 396. The third-order valence-electron chi connectivity index (χ3n) is 2.94. The zero-order valence-electron chi connectivity index (χ0n) is 11.9. The Labute approximate surface area is 126 Å². The second-order valence-corrected chi connectivity index (χ2v) is 8.98. The predicted molar refractivity (Wildman–Crippen MR) is 83.1 cm³/mol. The van der Waals surface area contributed by atoms with E-state index >= 15 is 0 Å². The summed E-state index contributed by atoms with van der Waals surface area (Å²) in [5, 5.41) is 0. The van der Waals surface area contributed by atoms with E-state index in [1.807, 2.05) is 59.7 Å². The summed E-state index contributed by atoms with van der Waals surface area (Å²) >= 11 is 19.5. The normalized spacial score (nSPS) is 13.8. The molecule has 0 nitrogen and oxygen atoms in total. The maximum atomic E-state index is 6.56. The van der Waals surface area contributed by atoms with E-state index in [1.54, 1.807) is 0 Å². The molecule has 0 amide bonds. The first-order valence-corrected chi connectivity index (χ1v) is 7.19. The van der Waals surface area contributed by atoms with Crippen LogP contribution in [-0.4, -0.2) is 0 Å². The molecule has 0 saturated heterocycles. The van der Waals surface area contributed by atoms with Gasteiger partial charge in [-0.15, -0.1) is 34.8 Å². The third kappa shape index (κ3) is 3.56. The number of hydrogen-bond donors (Lipinski definition) is 0. The van der Waals surface area contributed by atoms with Crippen LogP contribution in [0.25, 0.3) is 0 Å². The second kappa shape index (κ2) is 4.89. The molecule has 1 aromatic carbocycles. The van der Waals surface area contributed by atoms with E-state index in [1.165, 1.54) is 0 Å². The van der Waals surface area contributed by atoms with Crippen LogP contribution in [0.1, 0.15) is 58.2 Å². The lowest BCUT2D eigenvalue weighted by atomic mass is 9.82. The molecular formula is C15H21Cl3. The van der Waals surface area contributed by atoms with Gasteiger partial charge in [0.05, 0.1) is 14.6 Å². The molecule has 0 atom stereocenters. The zero-order chi connectivity index (χ0) is 14.4. The van der Waals surface area contributed by atoms with Gasteiger partial charge in [-0.25, -0.2) is 0 Å². The highest BCUT2D eigenvalue weighted by Gasteiger charge is 2.34. The van der Waals surface area contributed by atoms with Gasteiger partial charge in [0.25, 0.3) is 0 Å². The summed E-state index contributed by atoms with van der Waals surface area (Å²) in [6.07, 6.45) is 0. The number of rotatable bonds is 3. The minimum atomic E-state index is -0.510. The fraction of sp³-hybridized carbons (Fsp3) is 0.600. The maximum Gasteiger partial charge on any atom is 0.0645 e. The SMILES string of the molecule is CC(C)(Cl)c1cccc(C(C)(C)Cl)c1C(C)(C)Cl. The lowest BCUT2D eigenvalue weighted by Gasteiger charge is -2.33. The van der Waals surface area contributed by atoms with E-state index in [4.69, 9.17) is 34.8 Å². The van der Waals surface area contributed by atoms with E-state index in [-0.39, 0.29) is 0 Å². The summed E-state index contributed by atoms with van der Waals surface area (Å²) in [7, 11) is 0. The van der Waals surface area contributed by atoms with Crippen molar-refractivity contribution in [1.29, 1.82) is 0 Å². The smallest absolute Gasteiger partial charge is 0.0645 e. The summed E-state index contributed by atoms with van der Waals surface area (Å²) < 4.78 is 0. The standard InChI is InChI=1S/C15H21Cl3/c1-13(2,16)10-8-7-9-11(14(3,4)17)12(10)15(5,6)18/h7-9H,1-6H3. The van der Waals surface area contributed by atoms with Crippen LogP contribution in [0, 0.1) is 0 Å². The van der Waals surface area contributed by atoms with Crippen molar-refractivity contribution in [3.63, 3.8) is 0 Å². The molecule has 3 heteroatoms. The van der Waals surface area contributed by atoms with Crippen LogP contribution in [0.3, 0.4) is 0 Å². The molecule has 0 aliphatic rings. The molecule has 1 rings (SSSR count). The second-order valence-electron chi connectivity index (χ2n) is 6.15. The van der Waals surface area contributed by atoms with Crippen molar-refractivity contribution in [1.82, 2.24) is 0 Å². The summed E-state index contributed by atoms with van der Waals surface area (Å²) in [5.74, 6) is 0.